The Hall–Kier alpha value is -1.39. The zero-order chi connectivity index (χ0) is 15.7. The molecule has 4 heteroatoms. The van der Waals surface area contributed by atoms with Crippen LogP contribution in [0.2, 0.25) is 0 Å². The highest BCUT2D eigenvalue weighted by Crippen LogP contribution is 2.08. The molecule has 0 aliphatic rings. The normalized spacial score (nSPS) is 11.1. The van der Waals surface area contributed by atoms with Crippen LogP contribution in [0.3, 0.4) is 0 Å². The molecule has 0 atom stereocenters. The Morgan fingerprint density at radius 3 is 2.43 bits per heavy atom. The van der Waals surface area contributed by atoms with E-state index in [2.05, 4.69) is 50.3 Å². The molecular weight excluding hydrogens is 262 g/mol. The van der Waals surface area contributed by atoms with Crippen molar-refractivity contribution >= 4 is 5.91 Å². The summed E-state index contributed by atoms with van der Waals surface area (Å²) in [5, 5.41) is 3.24. The molecule has 1 aromatic rings. The number of benzene rings is 1. The van der Waals surface area contributed by atoms with E-state index in [1.807, 2.05) is 23.1 Å². The van der Waals surface area contributed by atoms with Crippen LogP contribution in [0.15, 0.2) is 30.3 Å². The van der Waals surface area contributed by atoms with E-state index in [0.29, 0.717) is 13.1 Å². The third-order valence-corrected chi connectivity index (χ3v) is 3.37. The Morgan fingerprint density at radius 1 is 1.19 bits per heavy atom. The van der Waals surface area contributed by atoms with Gasteiger partial charge in [-0.25, -0.2) is 0 Å². The highest BCUT2D eigenvalue weighted by Gasteiger charge is 2.16. The van der Waals surface area contributed by atoms with Crippen molar-refractivity contribution in [3.8, 4) is 0 Å². The number of nitrogens with one attached hydrogen (secondary N) is 1. The fourth-order valence-corrected chi connectivity index (χ4v) is 2.16. The highest BCUT2D eigenvalue weighted by atomic mass is 16.2. The molecule has 4 nitrogen and oxygen atoms in total. The molecule has 0 aliphatic carbocycles. The predicted octanol–water partition coefficient (Wildman–Crippen LogP) is 1.96. The lowest BCUT2D eigenvalue weighted by atomic mass is 10.2. The first-order chi connectivity index (χ1) is 10.0. The fourth-order valence-electron chi connectivity index (χ4n) is 2.16. The second-order valence-electron chi connectivity index (χ2n) is 5.93. The maximum Gasteiger partial charge on any atom is 0.237 e. The summed E-state index contributed by atoms with van der Waals surface area (Å²) >= 11 is 0. The van der Waals surface area contributed by atoms with Gasteiger partial charge in [0.1, 0.15) is 0 Å². The topological polar surface area (TPSA) is 35.6 Å². The van der Waals surface area contributed by atoms with Gasteiger partial charge in [0.25, 0.3) is 0 Å². The first-order valence-electron chi connectivity index (χ1n) is 7.69. The van der Waals surface area contributed by atoms with E-state index in [4.69, 9.17) is 0 Å². The molecule has 1 N–H and O–H groups in total. The molecule has 0 spiro atoms. The van der Waals surface area contributed by atoms with Crippen molar-refractivity contribution in [1.29, 1.82) is 0 Å². The number of amides is 1. The quantitative estimate of drug-likeness (QED) is 0.707. The van der Waals surface area contributed by atoms with E-state index in [0.717, 1.165) is 19.5 Å². The van der Waals surface area contributed by atoms with Crippen molar-refractivity contribution in [2.75, 3.05) is 33.7 Å². The van der Waals surface area contributed by atoms with Crippen LogP contribution in [-0.4, -0.2) is 55.5 Å². The van der Waals surface area contributed by atoms with Gasteiger partial charge in [0.2, 0.25) is 5.91 Å². The summed E-state index contributed by atoms with van der Waals surface area (Å²) in [6.45, 7) is 7.13. The Labute approximate surface area is 129 Å². The monoisotopic (exact) mass is 291 g/mol. The zero-order valence-corrected chi connectivity index (χ0v) is 13.8. The zero-order valence-electron chi connectivity index (χ0n) is 13.8. The van der Waals surface area contributed by atoms with Crippen molar-refractivity contribution < 1.29 is 4.79 Å². The van der Waals surface area contributed by atoms with E-state index < -0.39 is 0 Å². The number of carbonyl (C=O) groups is 1. The van der Waals surface area contributed by atoms with E-state index >= 15 is 0 Å². The number of carbonyl (C=O) groups excluding carboxylic acids is 1. The molecule has 0 fully saturated rings. The predicted molar refractivity (Wildman–Crippen MR) is 88.2 cm³/mol. The van der Waals surface area contributed by atoms with Gasteiger partial charge >= 0.3 is 0 Å². The van der Waals surface area contributed by atoms with Crippen LogP contribution in [0, 0.1) is 0 Å². The van der Waals surface area contributed by atoms with Crippen LogP contribution in [0.1, 0.15) is 25.8 Å². The SMILES string of the molecule is CC(C)N(Cc1ccccc1)C(=O)CNCCCN(C)C. The molecule has 0 aromatic heterocycles. The lowest BCUT2D eigenvalue weighted by Crippen LogP contribution is -2.42. The van der Waals surface area contributed by atoms with Crippen LogP contribution < -0.4 is 5.32 Å². The largest absolute Gasteiger partial charge is 0.335 e. The van der Waals surface area contributed by atoms with E-state index in [1.54, 1.807) is 0 Å². The molecule has 118 valence electrons. The fraction of sp³-hybridized carbons (Fsp3) is 0.588. The molecule has 0 saturated carbocycles. The lowest BCUT2D eigenvalue weighted by Gasteiger charge is -2.27. The molecule has 1 aromatic carbocycles. The standard InChI is InChI=1S/C17H29N3O/c1-15(2)20(14-16-9-6-5-7-10-16)17(21)13-18-11-8-12-19(3)4/h5-7,9-10,15,18H,8,11-14H2,1-4H3. The Balaban J connectivity index is 2.40. The minimum Gasteiger partial charge on any atom is -0.335 e. The van der Waals surface area contributed by atoms with Gasteiger partial charge in [-0.1, -0.05) is 30.3 Å². The highest BCUT2D eigenvalue weighted by molar-refractivity contribution is 5.78. The minimum atomic E-state index is 0.165. The van der Waals surface area contributed by atoms with Crippen LogP contribution in [-0.2, 0) is 11.3 Å². The molecule has 0 radical (unpaired) electrons. The van der Waals surface area contributed by atoms with Gasteiger partial charge in [-0.3, -0.25) is 4.79 Å². The summed E-state index contributed by atoms with van der Waals surface area (Å²) in [4.78, 5) is 16.4. The van der Waals surface area contributed by atoms with Crippen LogP contribution in [0.5, 0.6) is 0 Å². The Morgan fingerprint density at radius 2 is 1.86 bits per heavy atom. The summed E-state index contributed by atoms with van der Waals surface area (Å²) < 4.78 is 0. The van der Waals surface area contributed by atoms with E-state index in [1.165, 1.54) is 5.56 Å². The van der Waals surface area contributed by atoms with Crippen molar-refractivity contribution in [1.82, 2.24) is 15.1 Å². The average Bonchev–Trinajstić information content (AvgIpc) is 2.44. The molecule has 1 amide bonds. The first-order valence-corrected chi connectivity index (χ1v) is 7.69. The van der Waals surface area contributed by atoms with Crippen LogP contribution >= 0.6 is 0 Å². The van der Waals surface area contributed by atoms with Gasteiger partial charge in [-0.2, -0.15) is 0 Å². The molecule has 0 unspecified atom stereocenters. The second kappa shape index (κ2) is 9.53. The van der Waals surface area contributed by atoms with E-state index in [-0.39, 0.29) is 11.9 Å². The van der Waals surface area contributed by atoms with Gasteiger partial charge < -0.3 is 15.1 Å². The second-order valence-corrected chi connectivity index (χ2v) is 5.93. The van der Waals surface area contributed by atoms with Crippen molar-refractivity contribution in [3.05, 3.63) is 35.9 Å². The Bertz CT molecular complexity index is 404. The van der Waals surface area contributed by atoms with Crippen LogP contribution in [0.4, 0.5) is 0 Å². The van der Waals surface area contributed by atoms with Crippen molar-refractivity contribution in [2.45, 2.75) is 32.9 Å². The minimum absolute atomic E-state index is 0.165. The lowest BCUT2D eigenvalue weighted by molar-refractivity contribution is -0.132. The van der Waals surface area contributed by atoms with E-state index in [9.17, 15) is 4.79 Å². The van der Waals surface area contributed by atoms with Crippen molar-refractivity contribution in [3.63, 3.8) is 0 Å². The number of hydrogen-bond acceptors (Lipinski definition) is 3. The molecule has 21 heavy (non-hydrogen) atoms. The number of hydrogen-bond donors (Lipinski definition) is 1. The van der Waals surface area contributed by atoms with Crippen LogP contribution in [0.25, 0.3) is 0 Å². The smallest absolute Gasteiger partial charge is 0.237 e. The van der Waals surface area contributed by atoms with Gasteiger partial charge in [0.05, 0.1) is 6.54 Å². The van der Waals surface area contributed by atoms with Crippen molar-refractivity contribution in [2.24, 2.45) is 0 Å². The summed E-state index contributed by atoms with van der Waals surface area (Å²) in [5.74, 6) is 0.165. The summed E-state index contributed by atoms with van der Waals surface area (Å²) in [6, 6.07) is 10.4. The number of nitrogens with zero attached hydrogens (tertiary/aromatic N) is 2. The number of rotatable bonds is 9. The maximum absolute atomic E-state index is 12.3. The first kappa shape index (κ1) is 17.7. The Kier molecular flexibility index (Phi) is 8.01. The van der Waals surface area contributed by atoms with Gasteiger partial charge in [-0.05, 0) is 53.0 Å². The average molecular weight is 291 g/mol. The summed E-state index contributed by atoms with van der Waals surface area (Å²) in [6.07, 6.45) is 1.06. The molecule has 0 saturated heterocycles. The summed E-state index contributed by atoms with van der Waals surface area (Å²) in [5.41, 5.74) is 1.17. The third kappa shape index (κ3) is 7.25. The van der Waals surface area contributed by atoms with Gasteiger partial charge in [0.15, 0.2) is 0 Å². The van der Waals surface area contributed by atoms with Gasteiger partial charge in [-0.15, -0.1) is 0 Å². The summed E-state index contributed by atoms with van der Waals surface area (Å²) in [7, 11) is 4.12. The third-order valence-electron chi connectivity index (χ3n) is 3.37. The molecule has 0 heterocycles. The molecule has 1 rings (SSSR count). The van der Waals surface area contributed by atoms with Gasteiger partial charge in [0, 0.05) is 12.6 Å². The molecular formula is C17H29N3O. The maximum atomic E-state index is 12.3. The molecule has 0 aliphatic heterocycles. The molecule has 0 bridgehead atoms.